The van der Waals surface area contributed by atoms with E-state index >= 15 is 0 Å². The summed E-state index contributed by atoms with van der Waals surface area (Å²) in [4.78, 5) is 0. The van der Waals surface area contributed by atoms with Crippen molar-refractivity contribution < 1.29 is 4.74 Å². The molecule has 1 N–H and O–H groups in total. The molecule has 0 spiro atoms. The summed E-state index contributed by atoms with van der Waals surface area (Å²) in [5.41, 5.74) is 0.997. The topological polar surface area (TPSA) is 45.0 Å². The van der Waals surface area contributed by atoms with Crippen molar-refractivity contribution in [1.29, 1.82) is 5.26 Å². The van der Waals surface area contributed by atoms with Gasteiger partial charge in [-0.3, -0.25) is 5.09 Å². The lowest BCUT2D eigenvalue weighted by molar-refractivity contribution is 0.413. The average Bonchev–Trinajstić information content (AvgIpc) is 2.74. The number of methoxy groups -OCH3 is 1. The molecule has 0 saturated heterocycles. The minimum absolute atomic E-state index is 0.184. The number of rotatable bonds is 7. The number of ether oxygens (including phenoxy) is 1. The largest absolute Gasteiger partial charge is 0.497 e. The fraction of sp³-hybridized carbons (Fsp3) is 0.136. The van der Waals surface area contributed by atoms with Crippen molar-refractivity contribution in [3.8, 4) is 11.8 Å². The average molecular weight is 392 g/mol. The van der Waals surface area contributed by atoms with Gasteiger partial charge < -0.3 is 4.74 Å². The maximum atomic E-state index is 9.42. The zero-order chi connectivity index (χ0) is 19.1. The molecule has 0 saturated carbocycles. The van der Waals surface area contributed by atoms with Gasteiger partial charge in [0.05, 0.1) is 25.8 Å². The van der Waals surface area contributed by atoms with Gasteiger partial charge in [-0.2, -0.15) is 5.26 Å². The number of benzene rings is 3. The Labute approximate surface area is 165 Å². The van der Waals surface area contributed by atoms with E-state index in [0.29, 0.717) is 6.42 Å². The van der Waals surface area contributed by atoms with Crippen molar-refractivity contribution in [2.45, 2.75) is 12.5 Å². The fourth-order valence-electron chi connectivity index (χ4n) is 2.98. The third kappa shape index (κ3) is 4.46. The molecule has 3 aromatic rings. The Morgan fingerprint density at radius 2 is 1.56 bits per heavy atom. The predicted octanol–water partition coefficient (Wildman–Crippen LogP) is 4.29. The molecule has 0 bridgehead atoms. The van der Waals surface area contributed by atoms with Crippen LogP contribution in [0.2, 0.25) is 0 Å². The van der Waals surface area contributed by atoms with Gasteiger partial charge in [-0.15, -0.1) is 0 Å². The Bertz CT molecular complexity index is 927. The Balaban J connectivity index is 2.06. The molecule has 1 atom stereocenters. The number of nitrogens with one attached hydrogen (secondary N) is 1. The first-order chi connectivity index (χ1) is 13.2. The third-order valence-electron chi connectivity index (χ3n) is 4.37. The van der Waals surface area contributed by atoms with Crippen molar-refractivity contribution in [3.05, 3.63) is 90.5 Å². The summed E-state index contributed by atoms with van der Waals surface area (Å²) >= 11 is 6.25. The van der Waals surface area contributed by atoms with Gasteiger partial charge in [-0.1, -0.05) is 84.6 Å². The number of nitrogens with zero attached hydrogens (tertiary/aromatic N) is 1. The third-order valence-corrected chi connectivity index (χ3v) is 8.68. The van der Waals surface area contributed by atoms with Gasteiger partial charge in [0.2, 0.25) is 0 Å². The minimum Gasteiger partial charge on any atom is -0.497 e. The lowest BCUT2D eigenvalue weighted by Gasteiger charge is -2.29. The Morgan fingerprint density at radius 1 is 0.963 bits per heavy atom. The molecular formula is C22H21N2OPS. The van der Waals surface area contributed by atoms with Gasteiger partial charge in [-0.05, 0) is 17.7 Å². The van der Waals surface area contributed by atoms with E-state index in [1.54, 1.807) is 7.11 Å². The van der Waals surface area contributed by atoms with Crippen LogP contribution in [0.1, 0.15) is 18.0 Å². The molecule has 27 heavy (non-hydrogen) atoms. The van der Waals surface area contributed by atoms with Crippen LogP contribution in [0.4, 0.5) is 0 Å². The zero-order valence-electron chi connectivity index (χ0n) is 15.1. The summed E-state index contributed by atoms with van der Waals surface area (Å²) in [6, 6.07) is 30.2. The first kappa shape index (κ1) is 19.3. The van der Waals surface area contributed by atoms with E-state index < -0.39 is 6.19 Å². The van der Waals surface area contributed by atoms with Gasteiger partial charge in [0.15, 0.2) is 0 Å². The molecule has 0 heterocycles. The highest BCUT2D eigenvalue weighted by Crippen LogP contribution is 2.43. The highest BCUT2D eigenvalue weighted by Gasteiger charge is 2.26. The normalized spacial score (nSPS) is 12.1. The molecule has 0 aliphatic heterocycles. The molecule has 5 heteroatoms. The summed E-state index contributed by atoms with van der Waals surface area (Å²) in [6.07, 6.45) is -1.98. The maximum absolute atomic E-state index is 9.42. The van der Waals surface area contributed by atoms with Crippen LogP contribution in [-0.4, -0.2) is 7.11 Å². The van der Waals surface area contributed by atoms with Gasteiger partial charge >= 0.3 is 0 Å². The maximum Gasteiger partial charge on any atom is 0.119 e. The van der Waals surface area contributed by atoms with E-state index in [9.17, 15) is 5.26 Å². The lowest BCUT2D eigenvalue weighted by Crippen LogP contribution is -2.30. The SMILES string of the molecule is COc1cccc([C@H](CC#N)NP(=S)(c2ccccc2)c2ccccc2)c1. The van der Waals surface area contributed by atoms with Gasteiger partial charge in [-0.25, -0.2) is 0 Å². The molecule has 0 unspecified atom stereocenters. The molecule has 0 aromatic heterocycles. The highest BCUT2D eigenvalue weighted by atomic mass is 32.4. The smallest absolute Gasteiger partial charge is 0.119 e. The van der Waals surface area contributed by atoms with Gasteiger partial charge in [0, 0.05) is 16.7 Å². The Morgan fingerprint density at radius 3 is 2.07 bits per heavy atom. The second-order valence-corrected chi connectivity index (χ2v) is 10.3. The van der Waals surface area contributed by atoms with Crippen LogP contribution in [0.15, 0.2) is 84.9 Å². The number of nitriles is 1. The molecule has 136 valence electrons. The molecule has 0 fully saturated rings. The van der Waals surface area contributed by atoms with Crippen molar-refractivity contribution in [3.63, 3.8) is 0 Å². The number of hydrogen-bond acceptors (Lipinski definition) is 3. The van der Waals surface area contributed by atoms with E-state index in [4.69, 9.17) is 16.5 Å². The molecule has 0 amide bonds. The second-order valence-electron chi connectivity index (χ2n) is 6.10. The highest BCUT2D eigenvalue weighted by molar-refractivity contribution is 8.20. The minimum atomic E-state index is -2.31. The predicted molar refractivity (Wildman–Crippen MR) is 116 cm³/mol. The first-order valence-corrected chi connectivity index (χ1v) is 11.5. The molecule has 0 aliphatic rings. The summed E-state index contributed by atoms with van der Waals surface area (Å²) < 4.78 is 5.35. The molecule has 3 nitrogen and oxygen atoms in total. The number of hydrogen-bond donors (Lipinski definition) is 1. The van der Waals surface area contributed by atoms with Crippen LogP contribution in [0.5, 0.6) is 5.75 Å². The monoisotopic (exact) mass is 392 g/mol. The van der Waals surface area contributed by atoms with Crippen LogP contribution in [0.25, 0.3) is 0 Å². The second kappa shape index (κ2) is 8.97. The first-order valence-electron chi connectivity index (χ1n) is 8.67. The zero-order valence-corrected chi connectivity index (χ0v) is 16.8. The summed E-state index contributed by atoms with van der Waals surface area (Å²) in [7, 11) is 1.64. The quantitative estimate of drug-likeness (QED) is 0.610. The lowest BCUT2D eigenvalue weighted by atomic mass is 10.1. The van der Waals surface area contributed by atoms with Crippen molar-refractivity contribution in [2.24, 2.45) is 0 Å². The molecular weight excluding hydrogens is 371 g/mol. The summed E-state index contributed by atoms with van der Waals surface area (Å²) in [5.74, 6) is 0.768. The Kier molecular flexibility index (Phi) is 6.42. The van der Waals surface area contributed by atoms with E-state index in [-0.39, 0.29) is 6.04 Å². The van der Waals surface area contributed by atoms with Crippen molar-refractivity contribution in [1.82, 2.24) is 5.09 Å². The van der Waals surface area contributed by atoms with Crippen molar-refractivity contribution in [2.75, 3.05) is 7.11 Å². The van der Waals surface area contributed by atoms with Crippen LogP contribution < -0.4 is 20.4 Å². The van der Waals surface area contributed by atoms with E-state index in [0.717, 1.165) is 21.9 Å². The standard InChI is InChI=1S/C22H21N2OPS/c1-25-19-10-8-9-18(17-19)22(15-16-23)24-26(27,20-11-4-2-5-12-20)21-13-6-3-7-14-21/h2-14,17,22H,15H2,1H3,(H,24,27)/t22-/m0/s1. The van der Waals surface area contributed by atoms with E-state index in [1.807, 2.05) is 60.7 Å². The molecule has 3 rings (SSSR count). The van der Waals surface area contributed by atoms with Crippen LogP contribution >= 0.6 is 6.19 Å². The summed E-state index contributed by atoms with van der Waals surface area (Å²) in [5, 5.41) is 15.3. The van der Waals surface area contributed by atoms with Gasteiger partial charge in [0.1, 0.15) is 5.75 Å². The van der Waals surface area contributed by atoms with E-state index in [1.165, 1.54) is 0 Å². The van der Waals surface area contributed by atoms with E-state index in [2.05, 4.69) is 35.4 Å². The molecule has 0 aliphatic carbocycles. The summed E-state index contributed by atoms with van der Waals surface area (Å²) in [6.45, 7) is 0. The molecule has 0 radical (unpaired) electrons. The van der Waals surface area contributed by atoms with Gasteiger partial charge in [0.25, 0.3) is 0 Å². The van der Waals surface area contributed by atoms with Crippen LogP contribution in [-0.2, 0) is 11.8 Å². The van der Waals surface area contributed by atoms with Crippen LogP contribution in [0.3, 0.4) is 0 Å². The fourth-order valence-corrected chi connectivity index (χ4v) is 6.55. The molecule has 3 aromatic carbocycles. The Hall–Kier alpha value is -2.44. The van der Waals surface area contributed by atoms with Crippen molar-refractivity contribution >= 4 is 28.6 Å². The van der Waals surface area contributed by atoms with Crippen LogP contribution in [0, 0.1) is 11.3 Å².